The third kappa shape index (κ3) is 5.17. The normalized spacial score (nSPS) is 13.7. The van der Waals surface area contributed by atoms with E-state index < -0.39 is 12.6 Å². The zero-order chi connectivity index (χ0) is 12.9. The lowest BCUT2D eigenvalue weighted by atomic mass is 10.0. The third-order valence-electron chi connectivity index (χ3n) is 2.60. The van der Waals surface area contributed by atoms with Crippen molar-refractivity contribution in [3.8, 4) is 0 Å². The molecule has 5 heteroatoms. The Morgan fingerprint density at radius 2 is 2.12 bits per heavy atom. The van der Waals surface area contributed by atoms with Gasteiger partial charge in [-0.2, -0.15) is 13.2 Å². The summed E-state index contributed by atoms with van der Waals surface area (Å²) in [6, 6.07) is 3.65. The summed E-state index contributed by atoms with van der Waals surface area (Å²) in [5.41, 5.74) is 1.86. The van der Waals surface area contributed by atoms with Crippen LogP contribution in [0.4, 0.5) is 13.2 Å². The number of rotatable bonds is 5. The number of hydrogen-bond donors (Lipinski definition) is 1. The number of aromatic nitrogens is 1. The molecular formula is C12H17F3N2. The maximum absolute atomic E-state index is 12.0. The molecule has 0 aliphatic rings. The fourth-order valence-corrected chi connectivity index (χ4v) is 1.70. The fraction of sp³-hybridized carbons (Fsp3) is 0.583. The van der Waals surface area contributed by atoms with Crippen molar-refractivity contribution in [1.29, 1.82) is 0 Å². The van der Waals surface area contributed by atoms with E-state index >= 15 is 0 Å². The minimum absolute atomic E-state index is 0.114. The third-order valence-corrected chi connectivity index (χ3v) is 2.60. The Hall–Kier alpha value is -1.10. The van der Waals surface area contributed by atoms with Crippen LogP contribution in [0.2, 0.25) is 0 Å². The molecule has 0 saturated carbocycles. The molecule has 1 atom stereocenters. The van der Waals surface area contributed by atoms with E-state index in [0.717, 1.165) is 11.3 Å². The molecule has 0 amide bonds. The van der Waals surface area contributed by atoms with Gasteiger partial charge in [0.1, 0.15) is 0 Å². The first-order valence-electron chi connectivity index (χ1n) is 5.59. The van der Waals surface area contributed by atoms with E-state index in [1.807, 2.05) is 19.1 Å². The number of nitrogens with zero attached hydrogens (tertiary/aromatic N) is 1. The predicted octanol–water partition coefficient (Wildman–Crippen LogP) is 3.38. The molecule has 1 aromatic rings. The molecule has 1 rings (SSSR count). The van der Waals surface area contributed by atoms with Gasteiger partial charge < -0.3 is 5.32 Å². The van der Waals surface area contributed by atoms with Gasteiger partial charge in [0.05, 0.1) is 5.69 Å². The van der Waals surface area contributed by atoms with Crippen LogP contribution in [-0.2, 0) is 0 Å². The van der Waals surface area contributed by atoms with E-state index in [0.29, 0.717) is 6.42 Å². The molecule has 0 saturated heterocycles. The van der Waals surface area contributed by atoms with Gasteiger partial charge in [-0.1, -0.05) is 0 Å². The molecule has 0 fully saturated rings. The molecule has 0 spiro atoms. The highest BCUT2D eigenvalue weighted by molar-refractivity contribution is 5.17. The molecule has 1 N–H and O–H groups in total. The average molecular weight is 246 g/mol. The highest BCUT2D eigenvalue weighted by atomic mass is 19.4. The van der Waals surface area contributed by atoms with E-state index in [2.05, 4.69) is 10.3 Å². The average Bonchev–Trinajstić information content (AvgIpc) is 2.23. The monoisotopic (exact) mass is 246 g/mol. The quantitative estimate of drug-likeness (QED) is 0.861. The van der Waals surface area contributed by atoms with Crippen LogP contribution < -0.4 is 5.32 Å². The van der Waals surface area contributed by atoms with E-state index in [1.165, 1.54) is 0 Å². The molecular weight excluding hydrogens is 229 g/mol. The highest BCUT2D eigenvalue weighted by Gasteiger charge is 2.26. The second-order valence-electron chi connectivity index (χ2n) is 4.11. The van der Waals surface area contributed by atoms with E-state index in [9.17, 15) is 13.2 Å². The molecule has 1 unspecified atom stereocenters. The van der Waals surface area contributed by atoms with Crippen LogP contribution in [-0.4, -0.2) is 18.2 Å². The molecule has 2 nitrogen and oxygen atoms in total. The molecule has 0 bridgehead atoms. The van der Waals surface area contributed by atoms with Crippen LogP contribution in [0.3, 0.4) is 0 Å². The summed E-state index contributed by atoms with van der Waals surface area (Å²) in [6.07, 6.45) is -2.58. The number of halogens is 3. The SMILES string of the molecule is CNC(CCCC(F)(F)F)c1cc(C)ccn1. The lowest BCUT2D eigenvalue weighted by Gasteiger charge is -2.16. The Morgan fingerprint density at radius 3 is 2.65 bits per heavy atom. The lowest BCUT2D eigenvalue weighted by Crippen LogP contribution is -2.18. The minimum Gasteiger partial charge on any atom is -0.312 e. The zero-order valence-electron chi connectivity index (χ0n) is 10.0. The summed E-state index contributed by atoms with van der Waals surface area (Å²) in [5.74, 6) is 0. The Labute approximate surface area is 99.3 Å². The molecule has 17 heavy (non-hydrogen) atoms. The standard InChI is InChI=1S/C12H17F3N2/c1-9-5-7-17-11(8-9)10(16-2)4-3-6-12(13,14)15/h5,7-8,10,16H,3-4,6H2,1-2H3. The highest BCUT2D eigenvalue weighted by Crippen LogP contribution is 2.25. The summed E-state index contributed by atoms with van der Waals surface area (Å²) in [5, 5.41) is 3.00. The van der Waals surface area contributed by atoms with Crippen molar-refractivity contribution in [3.05, 3.63) is 29.6 Å². The van der Waals surface area contributed by atoms with Crippen molar-refractivity contribution < 1.29 is 13.2 Å². The van der Waals surface area contributed by atoms with Crippen LogP contribution >= 0.6 is 0 Å². The number of pyridine rings is 1. The first-order chi connectivity index (χ1) is 7.92. The van der Waals surface area contributed by atoms with Crippen LogP contribution in [0.5, 0.6) is 0 Å². The number of hydrogen-bond acceptors (Lipinski definition) is 2. The second kappa shape index (κ2) is 6.00. The first kappa shape index (κ1) is 14.0. The summed E-state index contributed by atoms with van der Waals surface area (Å²) < 4.78 is 36.1. The second-order valence-corrected chi connectivity index (χ2v) is 4.11. The maximum Gasteiger partial charge on any atom is 0.389 e. The topological polar surface area (TPSA) is 24.9 Å². The lowest BCUT2D eigenvalue weighted by molar-refractivity contribution is -0.135. The number of nitrogens with one attached hydrogen (secondary N) is 1. The largest absolute Gasteiger partial charge is 0.389 e. The fourth-order valence-electron chi connectivity index (χ4n) is 1.70. The van der Waals surface area contributed by atoms with Crippen molar-refractivity contribution in [2.24, 2.45) is 0 Å². The molecule has 0 aliphatic carbocycles. The molecule has 1 heterocycles. The maximum atomic E-state index is 12.0. The van der Waals surface area contributed by atoms with Crippen molar-refractivity contribution in [1.82, 2.24) is 10.3 Å². The Kier molecular flexibility index (Phi) is 4.93. The smallest absolute Gasteiger partial charge is 0.312 e. The molecule has 0 aromatic carbocycles. The van der Waals surface area contributed by atoms with Gasteiger partial charge in [-0.25, -0.2) is 0 Å². The van der Waals surface area contributed by atoms with E-state index in [-0.39, 0.29) is 12.5 Å². The van der Waals surface area contributed by atoms with Gasteiger partial charge in [0.2, 0.25) is 0 Å². The minimum atomic E-state index is -4.07. The summed E-state index contributed by atoms with van der Waals surface area (Å²) in [7, 11) is 1.74. The molecule has 0 aliphatic heterocycles. The van der Waals surface area contributed by atoms with Crippen LogP contribution in [0, 0.1) is 6.92 Å². The van der Waals surface area contributed by atoms with Crippen molar-refractivity contribution in [3.63, 3.8) is 0 Å². The van der Waals surface area contributed by atoms with Crippen LogP contribution in [0.25, 0.3) is 0 Å². The van der Waals surface area contributed by atoms with E-state index in [1.54, 1.807) is 13.2 Å². The van der Waals surface area contributed by atoms with Gasteiger partial charge in [0.15, 0.2) is 0 Å². The van der Waals surface area contributed by atoms with Gasteiger partial charge >= 0.3 is 6.18 Å². The van der Waals surface area contributed by atoms with Crippen molar-refractivity contribution in [2.75, 3.05) is 7.05 Å². The molecule has 0 radical (unpaired) electrons. The molecule has 1 aromatic heterocycles. The number of aryl methyl sites for hydroxylation is 1. The first-order valence-corrected chi connectivity index (χ1v) is 5.59. The Morgan fingerprint density at radius 1 is 1.41 bits per heavy atom. The zero-order valence-corrected chi connectivity index (χ0v) is 10.0. The summed E-state index contributed by atoms with van der Waals surface area (Å²) in [6.45, 7) is 1.94. The van der Waals surface area contributed by atoms with E-state index in [4.69, 9.17) is 0 Å². The van der Waals surface area contributed by atoms with Gasteiger partial charge in [0.25, 0.3) is 0 Å². The van der Waals surface area contributed by atoms with Gasteiger partial charge in [-0.15, -0.1) is 0 Å². The van der Waals surface area contributed by atoms with Crippen molar-refractivity contribution >= 4 is 0 Å². The summed E-state index contributed by atoms with van der Waals surface area (Å²) >= 11 is 0. The Bertz CT molecular complexity index is 350. The van der Waals surface area contributed by atoms with Crippen LogP contribution in [0.1, 0.15) is 36.6 Å². The molecule has 96 valence electrons. The van der Waals surface area contributed by atoms with Gasteiger partial charge in [0, 0.05) is 18.7 Å². The van der Waals surface area contributed by atoms with Crippen LogP contribution in [0.15, 0.2) is 18.3 Å². The predicted molar refractivity (Wildman–Crippen MR) is 60.7 cm³/mol. The van der Waals surface area contributed by atoms with Gasteiger partial charge in [-0.05, 0) is 44.5 Å². The Balaban J connectivity index is 2.54. The summed E-state index contributed by atoms with van der Waals surface area (Å²) in [4.78, 5) is 4.18. The van der Waals surface area contributed by atoms with Crippen molar-refractivity contribution in [2.45, 2.75) is 38.4 Å². The van der Waals surface area contributed by atoms with Gasteiger partial charge in [-0.3, -0.25) is 4.98 Å². The number of alkyl halides is 3.